The SMILES string of the molecule is I.NC(=NCCNC(=O)c1cnccn1)Nc1ccc2c(c1)OCCCO2. The van der Waals surface area contributed by atoms with E-state index < -0.39 is 0 Å². The van der Waals surface area contributed by atoms with Crippen molar-refractivity contribution in [1.82, 2.24) is 15.3 Å². The molecule has 27 heavy (non-hydrogen) atoms. The minimum atomic E-state index is -0.303. The molecule has 2 aromatic rings. The number of amides is 1. The van der Waals surface area contributed by atoms with Gasteiger partial charge in [-0.05, 0) is 12.1 Å². The van der Waals surface area contributed by atoms with Gasteiger partial charge in [-0.2, -0.15) is 0 Å². The van der Waals surface area contributed by atoms with Crippen molar-refractivity contribution in [2.45, 2.75) is 6.42 Å². The fourth-order valence-electron chi connectivity index (χ4n) is 2.28. The maximum Gasteiger partial charge on any atom is 0.271 e. The van der Waals surface area contributed by atoms with Crippen LogP contribution in [-0.4, -0.2) is 48.1 Å². The summed E-state index contributed by atoms with van der Waals surface area (Å²) in [6, 6.07) is 5.49. The van der Waals surface area contributed by atoms with E-state index in [0.717, 1.165) is 17.9 Å². The van der Waals surface area contributed by atoms with Gasteiger partial charge in [0, 0.05) is 37.1 Å². The maximum absolute atomic E-state index is 11.8. The number of carbonyl (C=O) groups is 1. The maximum atomic E-state index is 11.8. The molecule has 4 N–H and O–H groups in total. The molecule has 0 fully saturated rings. The number of guanidine groups is 1. The fraction of sp³-hybridized carbons (Fsp3) is 0.294. The highest BCUT2D eigenvalue weighted by Crippen LogP contribution is 2.32. The van der Waals surface area contributed by atoms with Crippen LogP contribution in [-0.2, 0) is 0 Å². The van der Waals surface area contributed by atoms with Gasteiger partial charge >= 0.3 is 0 Å². The van der Waals surface area contributed by atoms with Crippen LogP contribution >= 0.6 is 24.0 Å². The standard InChI is InChI=1S/C17H20N6O3.HI/c18-17(22-7-6-21-16(24)13-11-19-4-5-20-13)23-12-2-3-14-15(10-12)26-9-1-8-25-14;/h2-5,10-11H,1,6-9H2,(H,21,24)(H3,18,22,23);1H. The summed E-state index contributed by atoms with van der Waals surface area (Å²) < 4.78 is 11.2. The zero-order valence-corrected chi connectivity index (χ0v) is 16.9. The number of nitrogens with one attached hydrogen (secondary N) is 2. The molecule has 0 spiro atoms. The molecule has 2 heterocycles. The lowest BCUT2D eigenvalue weighted by Gasteiger charge is -2.10. The first-order valence-corrected chi connectivity index (χ1v) is 8.23. The van der Waals surface area contributed by atoms with Gasteiger partial charge < -0.3 is 25.8 Å². The van der Waals surface area contributed by atoms with Gasteiger partial charge in [0.2, 0.25) is 0 Å². The number of anilines is 1. The van der Waals surface area contributed by atoms with Crippen molar-refractivity contribution >= 4 is 41.5 Å². The molecule has 10 heteroatoms. The van der Waals surface area contributed by atoms with E-state index in [0.29, 0.717) is 32.1 Å². The highest BCUT2D eigenvalue weighted by atomic mass is 127. The summed E-state index contributed by atoms with van der Waals surface area (Å²) in [5.74, 6) is 1.34. The van der Waals surface area contributed by atoms with Gasteiger partial charge in [-0.25, -0.2) is 4.98 Å². The van der Waals surface area contributed by atoms with Crippen LogP contribution in [0.2, 0.25) is 0 Å². The molecule has 9 nitrogen and oxygen atoms in total. The first-order chi connectivity index (χ1) is 12.7. The number of nitrogens with two attached hydrogens (primary N) is 1. The Bertz CT molecular complexity index is 787. The topological polar surface area (TPSA) is 124 Å². The second-order valence-corrected chi connectivity index (χ2v) is 5.45. The largest absolute Gasteiger partial charge is 0.490 e. The summed E-state index contributed by atoms with van der Waals surface area (Å²) >= 11 is 0. The first-order valence-electron chi connectivity index (χ1n) is 8.23. The second-order valence-electron chi connectivity index (χ2n) is 5.45. The quantitative estimate of drug-likeness (QED) is 0.254. The Morgan fingerprint density at radius 3 is 2.81 bits per heavy atom. The minimum absolute atomic E-state index is 0. The van der Waals surface area contributed by atoms with E-state index >= 15 is 0 Å². The van der Waals surface area contributed by atoms with Crippen molar-refractivity contribution in [3.63, 3.8) is 0 Å². The van der Waals surface area contributed by atoms with E-state index in [1.807, 2.05) is 18.2 Å². The van der Waals surface area contributed by atoms with Crippen LogP contribution in [0.5, 0.6) is 11.5 Å². The summed E-state index contributed by atoms with van der Waals surface area (Å²) in [5, 5.41) is 5.69. The van der Waals surface area contributed by atoms with Crippen molar-refractivity contribution in [3.05, 3.63) is 42.5 Å². The monoisotopic (exact) mass is 484 g/mol. The Balaban J connectivity index is 0.00000261. The van der Waals surface area contributed by atoms with Crippen molar-refractivity contribution in [2.24, 2.45) is 10.7 Å². The first kappa shape index (κ1) is 20.7. The molecule has 144 valence electrons. The number of hydrogen-bond acceptors (Lipinski definition) is 6. The van der Waals surface area contributed by atoms with Gasteiger partial charge in [0.1, 0.15) is 5.69 Å². The van der Waals surface area contributed by atoms with E-state index in [2.05, 4.69) is 25.6 Å². The Morgan fingerprint density at radius 2 is 2.04 bits per heavy atom. The van der Waals surface area contributed by atoms with E-state index in [1.165, 1.54) is 18.6 Å². The molecule has 0 atom stereocenters. The number of carbonyl (C=O) groups excluding carboxylic acids is 1. The lowest BCUT2D eigenvalue weighted by atomic mass is 10.3. The molecule has 3 rings (SSSR count). The highest BCUT2D eigenvalue weighted by Gasteiger charge is 2.11. The van der Waals surface area contributed by atoms with Gasteiger partial charge in [0.25, 0.3) is 5.91 Å². The minimum Gasteiger partial charge on any atom is -0.490 e. The van der Waals surface area contributed by atoms with Gasteiger partial charge in [-0.1, -0.05) is 0 Å². The van der Waals surface area contributed by atoms with Crippen LogP contribution in [0, 0.1) is 0 Å². The van der Waals surface area contributed by atoms with Crippen LogP contribution in [0.15, 0.2) is 41.8 Å². The number of aliphatic imine (C=N–C) groups is 1. The number of aromatic nitrogens is 2. The van der Waals surface area contributed by atoms with E-state index in [1.54, 1.807) is 0 Å². The summed E-state index contributed by atoms with van der Waals surface area (Å²) in [6.45, 7) is 1.92. The molecule has 1 aliphatic rings. The van der Waals surface area contributed by atoms with Gasteiger partial charge in [-0.15, -0.1) is 24.0 Å². The number of halogens is 1. The summed E-state index contributed by atoms with van der Waals surface area (Å²) in [4.78, 5) is 23.8. The average Bonchev–Trinajstić information content (AvgIpc) is 2.91. The average molecular weight is 484 g/mol. The third-order valence-electron chi connectivity index (χ3n) is 3.50. The van der Waals surface area contributed by atoms with E-state index in [4.69, 9.17) is 15.2 Å². The molecule has 0 aliphatic carbocycles. The number of nitrogens with zero attached hydrogens (tertiary/aromatic N) is 3. The summed E-state index contributed by atoms with van der Waals surface area (Å²) in [6.07, 6.45) is 5.22. The number of rotatable bonds is 5. The smallest absolute Gasteiger partial charge is 0.271 e. The number of fused-ring (bicyclic) bond motifs is 1. The number of ether oxygens (including phenoxy) is 2. The zero-order chi connectivity index (χ0) is 18.2. The molecule has 0 radical (unpaired) electrons. The molecule has 1 aromatic heterocycles. The molecule has 1 aliphatic heterocycles. The fourth-order valence-corrected chi connectivity index (χ4v) is 2.28. The van der Waals surface area contributed by atoms with Crippen LogP contribution in [0.25, 0.3) is 0 Å². The Kier molecular flexibility index (Phi) is 8.04. The summed E-state index contributed by atoms with van der Waals surface area (Å²) in [5.41, 5.74) is 6.88. The normalized spacial score (nSPS) is 13.1. The lowest BCUT2D eigenvalue weighted by Crippen LogP contribution is -2.29. The molecule has 0 unspecified atom stereocenters. The molecule has 0 saturated carbocycles. The Hall–Kier alpha value is -2.63. The third-order valence-corrected chi connectivity index (χ3v) is 3.50. The molecule has 0 bridgehead atoms. The molecule has 1 amide bonds. The molecule has 1 aromatic carbocycles. The van der Waals surface area contributed by atoms with Gasteiger partial charge in [0.15, 0.2) is 17.5 Å². The van der Waals surface area contributed by atoms with E-state index in [9.17, 15) is 4.79 Å². The van der Waals surface area contributed by atoms with E-state index in [-0.39, 0.29) is 41.5 Å². The highest BCUT2D eigenvalue weighted by molar-refractivity contribution is 14.0. The van der Waals surface area contributed by atoms with Crippen LogP contribution in [0.1, 0.15) is 16.9 Å². The number of benzene rings is 1. The van der Waals surface area contributed by atoms with Crippen LogP contribution in [0.3, 0.4) is 0 Å². The van der Waals surface area contributed by atoms with Crippen molar-refractivity contribution in [1.29, 1.82) is 0 Å². The molecular weight excluding hydrogens is 463 g/mol. The Morgan fingerprint density at radius 1 is 1.22 bits per heavy atom. The molecular formula is C17H21IN6O3. The van der Waals surface area contributed by atoms with Crippen molar-refractivity contribution < 1.29 is 14.3 Å². The second kappa shape index (κ2) is 10.5. The zero-order valence-electron chi connectivity index (χ0n) is 14.6. The summed E-state index contributed by atoms with van der Waals surface area (Å²) in [7, 11) is 0. The van der Waals surface area contributed by atoms with Crippen LogP contribution in [0.4, 0.5) is 5.69 Å². The van der Waals surface area contributed by atoms with Gasteiger partial charge in [0.05, 0.1) is 26.0 Å². The van der Waals surface area contributed by atoms with Gasteiger partial charge in [-0.3, -0.25) is 14.8 Å². The predicted molar refractivity (Wildman–Crippen MR) is 112 cm³/mol. The van der Waals surface area contributed by atoms with Crippen LogP contribution < -0.4 is 25.8 Å². The lowest BCUT2D eigenvalue weighted by molar-refractivity contribution is 0.0949. The van der Waals surface area contributed by atoms with Crippen molar-refractivity contribution in [3.8, 4) is 11.5 Å². The van der Waals surface area contributed by atoms with Crippen molar-refractivity contribution in [2.75, 3.05) is 31.6 Å². The third kappa shape index (κ3) is 6.24. The Labute approximate surface area is 173 Å². The molecule has 0 saturated heterocycles. The number of hydrogen-bond donors (Lipinski definition) is 3. The predicted octanol–water partition coefficient (Wildman–Crippen LogP) is 1.41.